The largest absolute Gasteiger partial charge is 0.396 e. The summed E-state index contributed by atoms with van der Waals surface area (Å²) < 4.78 is 0. The number of rotatable bonds is 7. The molecule has 0 heterocycles. The zero-order valence-corrected chi connectivity index (χ0v) is 12.5. The fraction of sp³-hybridized carbons (Fsp3) is 0.571. The first-order valence-electron chi connectivity index (χ1n) is 6.20. The van der Waals surface area contributed by atoms with E-state index in [9.17, 15) is 0 Å². The van der Waals surface area contributed by atoms with Crippen LogP contribution in [0.1, 0.15) is 32.3 Å². The Hall–Kier alpha value is -0.280. The van der Waals surface area contributed by atoms with Crippen molar-refractivity contribution in [1.29, 1.82) is 0 Å². The van der Waals surface area contributed by atoms with Gasteiger partial charge in [-0.1, -0.05) is 37.0 Å². The Kier molecular flexibility index (Phi) is 6.44. The Labute approximate surface area is 119 Å². The van der Waals surface area contributed by atoms with Gasteiger partial charge in [0.1, 0.15) is 0 Å². The molecule has 0 unspecified atom stereocenters. The van der Waals surface area contributed by atoms with Gasteiger partial charge in [-0.05, 0) is 42.0 Å². The predicted octanol–water partition coefficient (Wildman–Crippen LogP) is 3.88. The van der Waals surface area contributed by atoms with Crippen LogP contribution in [0, 0.1) is 5.41 Å². The lowest BCUT2D eigenvalue weighted by atomic mass is 9.88. The first-order valence-corrected chi connectivity index (χ1v) is 6.96. The monoisotopic (exact) mass is 289 g/mol. The van der Waals surface area contributed by atoms with E-state index < -0.39 is 0 Å². The molecule has 102 valence electrons. The minimum absolute atomic E-state index is 0.174. The summed E-state index contributed by atoms with van der Waals surface area (Å²) in [6, 6.07) is 5.49. The van der Waals surface area contributed by atoms with Crippen molar-refractivity contribution < 1.29 is 5.11 Å². The highest BCUT2D eigenvalue weighted by molar-refractivity contribution is 6.33. The molecule has 0 aliphatic rings. The van der Waals surface area contributed by atoms with Crippen LogP contribution in [-0.4, -0.2) is 18.3 Å². The van der Waals surface area contributed by atoms with Crippen molar-refractivity contribution >= 4 is 23.2 Å². The summed E-state index contributed by atoms with van der Waals surface area (Å²) in [5.74, 6) is 0. The van der Waals surface area contributed by atoms with Gasteiger partial charge in [0, 0.05) is 29.7 Å². The molecule has 18 heavy (non-hydrogen) atoms. The average molecular weight is 290 g/mol. The van der Waals surface area contributed by atoms with Crippen molar-refractivity contribution in [2.45, 2.75) is 33.2 Å². The molecule has 0 amide bonds. The zero-order chi connectivity index (χ0) is 13.6. The summed E-state index contributed by atoms with van der Waals surface area (Å²) in [7, 11) is 0. The third kappa shape index (κ3) is 5.57. The van der Waals surface area contributed by atoms with Crippen LogP contribution in [0.5, 0.6) is 0 Å². The van der Waals surface area contributed by atoms with Gasteiger partial charge in [0.15, 0.2) is 0 Å². The number of nitrogens with one attached hydrogen (secondary N) is 1. The van der Waals surface area contributed by atoms with E-state index in [4.69, 9.17) is 28.3 Å². The molecule has 0 saturated carbocycles. The van der Waals surface area contributed by atoms with Gasteiger partial charge in [0.2, 0.25) is 0 Å². The number of aliphatic hydroxyl groups excluding tert-OH is 1. The molecule has 1 aromatic carbocycles. The molecule has 0 radical (unpaired) electrons. The van der Waals surface area contributed by atoms with Crippen LogP contribution in [0.2, 0.25) is 10.0 Å². The van der Waals surface area contributed by atoms with Crippen molar-refractivity contribution in [1.82, 2.24) is 5.32 Å². The molecule has 0 aromatic heterocycles. The molecule has 0 spiro atoms. The minimum atomic E-state index is 0.174. The summed E-state index contributed by atoms with van der Waals surface area (Å²) in [5.41, 5.74) is 1.19. The van der Waals surface area contributed by atoms with Gasteiger partial charge in [-0.2, -0.15) is 0 Å². The summed E-state index contributed by atoms with van der Waals surface area (Å²) in [4.78, 5) is 0. The number of aliphatic hydroxyl groups is 1. The summed E-state index contributed by atoms with van der Waals surface area (Å²) >= 11 is 12.0. The van der Waals surface area contributed by atoms with E-state index in [-0.39, 0.29) is 12.0 Å². The molecule has 1 aromatic rings. The molecule has 4 heteroatoms. The maximum Gasteiger partial charge on any atom is 0.0451 e. The van der Waals surface area contributed by atoms with Crippen LogP contribution in [0.4, 0.5) is 0 Å². The first-order chi connectivity index (χ1) is 8.44. The van der Waals surface area contributed by atoms with Gasteiger partial charge >= 0.3 is 0 Å². The van der Waals surface area contributed by atoms with Crippen molar-refractivity contribution in [3.8, 4) is 0 Å². The van der Waals surface area contributed by atoms with E-state index in [1.807, 2.05) is 12.1 Å². The maximum absolute atomic E-state index is 8.85. The normalized spacial score (nSPS) is 11.8. The maximum atomic E-state index is 8.85. The van der Waals surface area contributed by atoms with E-state index in [1.54, 1.807) is 6.07 Å². The molecule has 0 atom stereocenters. The molecule has 0 aliphatic heterocycles. The predicted molar refractivity (Wildman–Crippen MR) is 78.3 cm³/mol. The van der Waals surface area contributed by atoms with Gasteiger partial charge in [-0.15, -0.1) is 0 Å². The van der Waals surface area contributed by atoms with E-state index in [1.165, 1.54) is 0 Å². The van der Waals surface area contributed by atoms with Gasteiger partial charge in [-0.25, -0.2) is 0 Å². The van der Waals surface area contributed by atoms with Crippen LogP contribution in [-0.2, 0) is 6.54 Å². The lowest BCUT2D eigenvalue weighted by Crippen LogP contribution is -2.29. The highest BCUT2D eigenvalue weighted by Crippen LogP contribution is 2.23. The Morgan fingerprint density at radius 3 is 2.67 bits per heavy atom. The number of hydrogen-bond acceptors (Lipinski definition) is 2. The topological polar surface area (TPSA) is 32.3 Å². The fourth-order valence-corrected chi connectivity index (χ4v) is 2.24. The fourth-order valence-electron chi connectivity index (χ4n) is 1.86. The molecule has 0 saturated heterocycles. The van der Waals surface area contributed by atoms with E-state index in [2.05, 4.69) is 19.2 Å². The van der Waals surface area contributed by atoms with Crippen molar-refractivity contribution in [3.63, 3.8) is 0 Å². The SMILES string of the molecule is CC(C)(CCCO)CNCc1cc(Cl)ccc1Cl. The van der Waals surface area contributed by atoms with E-state index in [0.717, 1.165) is 30.0 Å². The average Bonchev–Trinajstić information content (AvgIpc) is 2.31. The quantitative estimate of drug-likeness (QED) is 0.798. The summed E-state index contributed by atoms with van der Waals surface area (Å²) in [5, 5.41) is 13.7. The van der Waals surface area contributed by atoms with Gasteiger partial charge in [0.05, 0.1) is 0 Å². The second-order valence-corrected chi connectivity index (χ2v) is 6.17. The molecule has 2 N–H and O–H groups in total. The standard InChI is InChI=1S/C14H21Cl2NO/c1-14(2,6-3-7-18)10-17-9-11-8-12(15)4-5-13(11)16/h4-5,8,17-18H,3,6-7,9-10H2,1-2H3. The Morgan fingerprint density at radius 1 is 1.28 bits per heavy atom. The number of hydrogen-bond donors (Lipinski definition) is 2. The first kappa shape index (κ1) is 15.8. The molecule has 2 nitrogen and oxygen atoms in total. The van der Waals surface area contributed by atoms with Crippen LogP contribution >= 0.6 is 23.2 Å². The van der Waals surface area contributed by atoms with Crippen LogP contribution < -0.4 is 5.32 Å². The Morgan fingerprint density at radius 2 is 2.00 bits per heavy atom. The smallest absolute Gasteiger partial charge is 0.0451 e. The summed E-state index contributed by atoms with van der Waals surface area (Å²) in [6.45, 7) is 6.23. The summed E-state index contributed by atoms with van der Waals surface area (Å²) in [6.07, 6.45) is 1.84. The van der Waals surface area contributed by atoms with Crippen LogP contribution in [0.15, 0.2) is 18.2 Å². The molecule has 0 fully saturated rings. The van der Waals surface area contributed by atoms with Gasteiger partial charge < -0.3 is 10.4 Å². The van der Waals surface area contributed by atoms with E-state index in [0.29, 0.717) is 11.6 Å². The third-order valence-corrected chi connectivity index (χ3v) is 3.54. The van der Waals surface area contributed by atoms with Crippen molar-refractivity contribution in [2.75, 3.05) is 13.2 Å². The Bertz CT molecular complexity index is 380. The lowest BCUT2D eigenvalue weighted by Gasteiger charge is -2.24. The molecule has 0 bridgehead atoms. The van der Waals surface area contributed by atoms with Gasteiger partial charge in [0.25, 0.3) is 0 Å². The van der Waals surface area contributed by atoms with Crippen molar-refractivity contribution in [2.24, 2.45) is 5.41 Å². The minimum Gasteiger partial charge on any atom is -0.396 e. The van der Waals surface area contributed by atoms with E-state index >= 15 is 0 Å². The number of benzene rings is 1. The second-order valence-electron chi connectivity index (χ2n) is 5.33. The van der Waals surface area contributed by atoms with Crippen LogP contribution in [0.25, 0.3) is 0 Å². The number of halogens is 2. The second kappa shape index (κ2) is 7.34. The highest BCUT2D eigenvalue weighted by Gasteiger charge is 2.16. The zero-order valence-electron chi connectivity index (χ0n) is 11.0. The highest BCUT2D eigenvalue weighted by atomic mass is 35.5. The molecule has 1 rings (SSSR count). The molecular formula is C14H21Cl2NO. The molecular weight excluding hydrogens is 269 g/mol. The van der Waals surface area contributed by atoms with Crippen molar-refractivity contribution in [3.05, 3.63) is 33.8 Å². The lowest BCUT2D eigenvalue weighted by molar-refractivity contribution is 0.236. The Balaban J connectivity index is 2.43. The molecule has 0 aliphatic carbocycles. The third-order valence-electron chi connectivity index (χ3n) is 2.94. The van der Waals surface area contributed by atoms with Crippen LogP contribution in [0.3, 0.4) is 0 Å². The van der Waals surface area contributed by atoms with Gasteiger partial charge in [-0.3, -0.25) is 0 Å².